The molecule has 0 aliphatic heterocycles. The van der Waals surface area contributed by atoms with E-state index in [2.05, 4.69) is 4.89 Å². The van der Waals surface area contributed by atoms with E-state index < -0.39 is 5.97 Å². The largest absolute Gasteiger partial charge is 0.494 e. The fourth-order valence-electron chi connectivity index (χ4n) is 1.18. The van der Waals surface area contributed by atoms with E-state index in [1.807, 2.05) is 20.8 Å². The minimum atomic E-state index is -0.488. The fraction of sp³-hybridized carbons (Fsp3) is 0.500. The van der Waals surface area contributed by atoms with Crippen molar-refractivity contribution < 1.29 is 19.3 Å². The van der Waals surface area contributed by atoms with Crippen molar-refractivity contribution in [3.63, 3.8) is 0 Å². The van der Waals surface area contributed by atoms with Crippen molar-refractivity contribution in [2.45, 2.75) is 27.2 Å². The van der Waals surface area contributed by atoms with Crippen LogP contribution in [0.2, 0.25) is 0 Å². The molecular formula is C14H20O4. The molecule has 0 aromatic heterocycles. The normalized spacial score (nSPS) is 10.4. The fourth-order valence-corrected chi connectivity index (χ4v) is 1.18. The monoisotopic (exact) mass is 252 g/mol. The lowest BCUT2D eigenvalue weighted by Crippen LogP contribution is -2.09. The summed E-state index contributed by atoms with van der Waals surface area (Å²) in [6.07, 6.45) is 0.951. The highest BCUT2D eigenvalue weighted by Crippen LogP contribution is 2.13. The zero-order chi connectivity index (χ0) is 13.4. The second kappa shape index (κ2) is 7.71. The molecule has 4 heteroatoms. The van der Waals surface area contributed by atoms with Gasteiger partial charge in [0.2, 0.25) is 0 Å². The first kappa shape index (κ1) is 14.5. The second-order valence-corrected chi connectivity index (χ2v) is 4.42. The predicted octanol–water partition coefficient (Wildman–Crippen LogP) is 3.22. The average molecular weight is 252 g/mol. The molecule has 1 aromatic carbocycles. The molecule has 0 bridgehead atoms. The Morgan fingerprint density at radius 2 is 1.89 bits per heavy atom. The molecule has 18 heavy (non-hydrogen) atoms. The average Bonchev–Trinajstić information content (AvgIpc) is 2.36. The van der Waals surface area contributed by atoms with Crippen molar-refractivity contribution in [1.82, 2.24) is 0 Å². The van der Waals surface area contributed by atoms with Gasteiger partial charge in [0.05, 0.1) is 18.8 Å². The van der Waals surface area contributed by atoms with Crippen molar-refractivity contribution in [3.05, 3.63) is 29.8 Å². The Morgan fingerprint density at radius 1 is 1.22 bits per heavy atom. The Bertz CT molecular complexity index is 357. The summed E-state index contributed by atoms with van der Waals surface area (Å²) in [5.41, 5.74) is 0.447. The summed E-state index contributed by atoms with van der Waals surface area (Å²) in [4.78, 5) is 21.1. The molecule has 0 heterocycles. The van der Waals surface area contributed by atoms with E-state index in [0.29, 0.717) is 24.7 Å². The molecule has 0 atom stereocenters. The molecule has 0 aliphatic rings. The number of hydrogen-bond acceptors (Lipinski definition) is 4. The van der Waals surface area contributed by atoms with Gasteiger partial charge in [-0.05, 0) is 36.6 Å². The minimum Gasteiger partial charge on any atom is -0.494 e. The molecule has 0 amide bonds. The Balaban J connectivity index is 2.43. The highest BCUT2D eigenvalue weighted by Gasteiger charge is 2.08. The number of carbonyl (C=O) groups excluding carboxylic acids is 1. The quantitative estimate of drug-likeness (QED) is 0.552. The first-order chi connectivity index (χ1) is 8.63. The van der Waals surface area contributed by atoms with Crippen LogP contribution in [0.5, 0.6) is 5.75 Å². The molecule has 0 unspecified atom stereocenters. The molecule has 0 N–H and O–H groups in total. The maximum absolute atomic E-state index is 11.6. The van der Waals surface area contributed by atoms with Crippen LogP contribution in [0.4, 0.5) is 0 Å². The summed E-state index contributed by atoms with van der Waals surface area (Å²) in [6.45, 7) is 7.06. The molecule has 0 aliphatic carbocycles. The van der Waals surface area contributed by atoms with Crippen molar-refractivity contribution in [2.75, 3.05) is 13.2 Å². The van der Waals surface area contributed by atoms with Gasteiger partial charge in [0.25, 0.3) is 0 Å². The summed E-state index contributed by atoms with van der Waals surface area (Å²) in [5, 5.41) is 0. The Morgan fingerprint density at radius 3 is 2.44 bits per heavy atom. The van der Waals surface area contributed by atoms with Gasteiger partial charge in [-0.3, -0.25) is 4.89 Å². The number of ether oxygens (including phenoxy) is 1. The lowest BCUT2D eigenvalue weighted by Gasteiger charge is -2.07. The van der Waals surface area contributed by atoms with Gasteiger partial charge in [0.1, 0.15) is 5.75 Å². The second-order valence-electron chi connectivity index (χ2n) is 4.42. The van der Waals surface area contributed by atoms with Gasteiger partial charge in [-0.1, -0.05) is 20.8 Å². The van der Waals surface area contributed by atoms with Gasteiger partial charge >= 0.3 is 5.97 Å². The van der Waals surface area contributed by atoms with Crippen LogP contribution >= 0.6 is 0 Å². The first-order valence-electron chi connectivity index (χ1n) is 6.20. The molecule has 0 radical (unpaired) electrons. The van der Waals surface area contributed by atoms with E-state index in [-0.39, 0.29) is 0 Å². The van der Waals surface area contributed by atoms with Gasteiger partial charge in [-0.15, -0.1) is 0 Å². The highest BCUT2D eigenvalue weighted by molar-refractivity contribution is 5.89. The van der Waals surface area contributed by atoms with Crippen LogP contribution < -0.4 is 4.74 Å². The van der Waals surface area contributed by atoms with Crippen LogP contribution in [0, 0.1) is 5.92 Å². The van der Waals surface area contributed by atoms with Crippen molar-refractivity contribution in [2.24, 2.45) is 5.92 Å². The van der Waals surface area contributed by atoms with Gasteiger partial charge in [-0.2, -0.15) is 4.89 Å². The molecule has 0 spiro atoms. The van der Waals surface area contributed by atoms with Crippen LogP contribution in [0.15, 0.2) is 24.3 Å². The third kappa shape index (κ3) is 5.19. The number of rotatable bonds is 7. The van der Waals surface area contributed by atoms with E-state index in [1.165, 1.54) is 0 Å². The van der Waals surface area contributed by atoms with E-state index >= 15 is 0 Å². The van der Waals surface area contributed by atoms with Gasteiger partial charge in [0.15, 0.2) is 0 Å². The molecule has 1 aromatic rings. The molecule has 4 nitrogen and oxygen atoms in total. The SMILES string of the molecule is CCCOc1ccc(C(=O)OOCC(C)C)cc1. The molecule has 0 saturated carbocycles. The van der Waals surface area contributed by atoms with E-state index in [4.69, 9.17) is 9.62 Å². The molecular weight excluding hydrogens is 232 g/mol. The summed E-state index contributed by atoms with van der Waals surface area (Å²) < 4.78 is 5.42. The van der Waals surface area contributed by atoms with E-state index in [0.717, 1.165) is 12.2 Å². The summed E-state index contributed by atoms with van der Waals surface area (Å²) in [7, 11) is 0. The number of carbonyl (C=O) groups is 1. The van der Waals surface area contributed by atoms with Crippen molar-refractivity contribution in [1.29, 1.82) is 0 Å². The van der Waals surface area contributed by atoms with Crippen LogP contribution in [0.25, 0.3) is 0 Å². The third-order valence-corrected chi connectivity index (χ3v) is 2.10. The third-order valence-electron chi connectivity index (χ3n) is 2.10. The standard InChI is InChI=1S/C14H20O4/c1-4-9-16-13-7-5-12(6-8-13)14(15)18-17-10-11(2)3/h5-8,11H,4,9-10H2,1-3H3. The lowest BCUT2D eigenvalue weighted by atomic mass is 10.2. The Hall–Kier alpha value is -1.55. The van der Waals surface area contributed by atoms with Crippen molar-refractivity contribution >= 4 is 5.97 Å². The zero-order valence-corrected chi connectivity index (χ0v) is 11.1. The van der Waals surface area contributed by atoms with Crippen LogP contribution in [-0.2, 0) is 9.78 Å². The topological polar surface area (TPSA) is 44.8 Å². The summed E-state index contributed by atoms with van der Waals surface area (Å²) >= 11 is 0. The summed E-state index contributed by atoms with van der Waals surface area (Å²) in [5.74, 6) is 0.580. The van der Waals surface area contributed by atoms with Gasteiger partial charge < -0.3 is 4.74 Å². The molecule has 0 fully saturated rings. The minimum absolute atomic E-state index is 0.322. The van der Waals surface area contributed by atoms with E-state index in [1.54, 1.807) is 24.3 Å². The summed E-state index contributed by atoms with van der Waals surface area (Å²) in [6, 6.07) is 6.81. The molecule has 100 valence electrons. The Kier molecular flexibility index (Phi) is 6.22. The zero-order valence-electron chi connectivity index (χ0n) is 11.1. The van der Waals surface area contributed by atoms with Crippen LogP contribution in [0.1, 0.15) is 37.6 Å². The highest BCUT2D eigenvalue weighted by atomic mass is 17.2. The van der Waals surface area contributed by atoms with Gasteiger partial charge in [-0.25, -0.2) is 4.79 Å². The van der Waals surface area contributed by atoms with Crippen molar-refractivity contribution in [3.8, 4) is 5.75 Å². The van der Waals surface area contributed by atoms with Crippen LogP contribution in [-0.4, -0.2) is 19.2 Å². The number of benzene rings is 1. The number of hydrogen-bond donors (Lipinski definition) is 0. The first-order valence-corrected chi connectivity index (χ1v) is 6.20. The van der Waals surface area contributed by atoms with E-state index in [9.17, 15) is 4.79 Å². The van der Waals surface area contributed by atoms with Gasteiger partial charge in [0, 0.05) is 0 Å². The smallest absolute Gasteiger partial charge is 0.373 e. The molecule has 1 rings (SSSR count). The maximum atomic E-state index is 11.6. The van der Waals surface area contributed by atoms with Crippen LogP contribution in [0.3, 0.4) is 0 Å². The molecule has 0 saturated heterocycles. The Labute approximate surface area is 108 Å². The lowest BCUT2D eigenvalue weighted by molar-refractivity contribution is -0.246. The maximum Gasteiger partial charge on any atom is 0.373 e. The predicted molar refractivity (Wildman–Crippen MR) is 68.4 cm³/mol.